The molecule has 5 aromatic carbocycles. The number of hydrogen-bond acceptors (Lipinski definition) is 7. The van der Waals surface area contributed by atoms with Crippen LogP contribution in [0.15, 0.2) is 163 Å². The first-order chi connectivity index (χ1) is 25.4. The first-order valence-corrected chi connectivity index (χ1v) is 17.7. The van der Waals surface area contributed by atoms with E-state index in [1.165, 1.54) is 0 Å². The molecule has 260 valence electrons. The Bertz CT molecular complexity index is 2200. The number of nitrogens with zero attached hydrogens (tertiary/aromatic N) is 3. The number of aromatic hydroxyl groups is 1. The molecular formula is C43H38N4O4S. The van der Waals surface area contributed by atoms with E-state index in [9.17, 15) is 9.90 Å². The van der Waals surface area contributed by atoms with Crippen LogP contribution in [-0.4, -0.2) is 32.4 Å². The van der Waals surface area contributed by atoms with Crippen LogP contribution in [0, 0.1) is 0 Å². The van der Waals surface area contributed by atoms with Crippen LogP contribution in [0.5, 0.6) is 11.6 Å². The molecule has 0 unspecified atom stereocenters. The van der Waals surface area contributed by atoms with Gasteiger partial charge in [-0.2, -0.15) is 0 Å². The summed E-state index contributed by atoms with van der Waals surface area (Å²) in [5.74, 6) is 1.46. The summed E-state index contributed by atoms with van der Waals surface area (Å²) in [7, 11) is 1.95. The SMILES string of the molecule is C=C(NOCCOc1ccc(Cc2sc(=O)n(C(c3ccccc3)(c3ccccc3)c3ccccc3)c2O)cc1)c1cn(C)c(-c2ccccc2)n1. The molecular weight excluding hydrogens is 669 g/mol. The van der Waals surface area contributed by atoms with E-state index in [0.717, 1.165) is 45.0 Å². The number of imidazole rings is 1. The van der Waals surface area contributed by atoms with Crippen LogP contribution in [0.25, 0.3) is 17.1 Å². The zero-order valence-electron chi connectivity index (χ0n) is 28.7. The fraction of sp³-hybridized carbons (Fsp3) is 0.116. The van der Waals surface area contributed by atoms with E-state index in [2.05, 4.69) is 17.0 Å². The van der Waals surface area contributed by atoms with Crippen molar-refractivity contribution in [2.45, 2.75) is 12.0 Å². The van der Waals surface area contributed by atoms with E-state index in [1.54, 1.807) is 4.57 Å². The van der Waals surface area contributed by atoms with Gasteiger partial charge in [-0.15, -0.1) is 0 Å². The fourth-order valence-electron chi connectivity index (χ4n) is 6.49. The van der Waals surface area contributed by atoms with Crippen LogP contribution < -0.4 is 15.1 Å². The van der Waals surface area contributed by atoms with Crippen molar-refractivity contribution < 1.29 is 14.7 Å². The third-order valence-electron chi connectivity index (χ3n) is 8.92. The second-order valence-electron chi connectivity index (χ2n) is 12.3. The lowest BCUT2D eigenvalue weighted by molar-refractivity contribution is 0.0540. The summed E-state index contributed by atoms with van der Waals surface area (Å²) in [6, 6.07) is 47.2. The topological polar surface area (TPSA) is 90.5 Å². The largest absolute Gasteiger partial charge is 0.494 e. The summed E-state index contributed by atoms with van der Waals surface area (Å²) in [5, 5.41) is 11.9. The molecule has 52 heavy (non-hydrogen) atoms. The second-order valence-corrected chi connectivity index (χ2v) is 13.3. The lowest BCUT2D eigenvalue weighted by atomic mass is 9.76. The summed E-state index contributed by atoms with van der Waals surface area (Å²) in [6.45, 7) is 4.64. The quantitative estimate of drug-likeness (QED) is 0.0677. The zero-order valence-corrected chi connectivity index (χ0v) is 29.5. The average molecular weight is 707 g/mol. The first-order valence-electron chi connectivity index (χ1n) is 16.9. The Morgan fingerprint density at radius 1 is 0.788 bits per heavy atom. The van der Waals surface area contributed by atoms with Gasteiger partial charge in [0, 0.05) is 25.2 Å². The molecule has 0 radical (unpaired) electrons. The maximum Gasteiger partial charge on any atom is 0.311 e. The fourth-order valence-corrected chi connectivity index (χ4v) is 7.44. The molecule has 2 heterocycles. The molecule has 0 saturated carbocycles. The van der Waals surface area contributed by atoms with Crippen molar-refractivity contribution in [3.05, 3.63) is 201 Å². The van der Waals surface area contributed by atoms with Gasteiger partial charge in [0.05, 0.1) is 10.6 Å². The molecule has 0 aliphatic carbocycles. The molecule has 0 aliphatic heterocycles. The maximum absolute atomic E-state index is 14.0. The highest BCUT2D eigenvalue weighted by molar-refractivity contribution is 7.09. The van der Waals surface area contributed by atoms with Crippen LogP contribution in [0.3, 0.4) is 0 Å². The van der Waals surface area contributed by atoms with E-state index in [0.29, 0.717) is 35.0 Å². The smallest absolute Gasteiger partial charge is 0.311 e. The lowest BCUT2D eigenvalue weighted by Crippen LogP contribution is -2.42. The van der Waals surface area contributed by atoms with Gasteiger partial charge >= 0.3 is 4.87 Å². The van der Waals surface area contributed by atoms with E-state index < -0.39 is 5.54 Å². The Kier molecular flexibility index (Phi) is 10.1. The summed E-state index contributed by atoms with van der Waals surface area (Å²) in [4.78, 5) is 24.6. The molecule has 0 saturated heterocycles. The molecule has 2 N–H and O–H groups in total. The number of thiazole rings is 1. The highest BCUT2D eigenvalue weighted by atomic mass is 32.1. The highest BCUT2D eigenvalue weighted by Crippen LogP contribution is 2.43. The van der Waals surface area contributed by atoms with Gasteiger partial charge in [-0.05, 0) is 34.4 Å². The molecule has 0 atom stereocenters. The normalized spacial score (nSPS) is 11.3. The summed E-state index contributed by atoms with van der Waals surface area (Å²) in [5.41, 5.74) is 7.57. The maximum atomic E-state index is 14.0. The molecule has 7 rings (SSSR count). The molecule has 0 bridgehead atoms. The van der Waals surface area contributed by atoms with Gasteiger partial charge < -0.3 is 14.4 Å². The van der Waals surface area contributed by atoms with E-state index in [1.807, 2.05) is 163 Å². The summed E-state index contributed by atoms with van der Waals surface area (Å²) in [6.07, 6.45) is 2.28. The van der Waals surface area contributed by atoms with E-state index in [4.69, 9.17) is 9.57 Å². The average Bonchev–Trinajstić information content (AvgIpc) is 3.72. The number of aryl methyl sites for hydroxylation is 1. The molecule has 7 aromatic rings. The molecule has 0 aliphatic rings. The number of ether oxygens (including phenoxy) is 1. The molecule has 0 spiro atoms. The summed E-state index contributed by atoms with van der Waals surface area (Å²) >= 11 is 1.06. The van der Waals surface area contributed by atoms with Gasteiger partial charge in [0.2, 0.25) is 5.88 Å². The zero-order chi connectivity index (χ0) is 35.9. The molecule has 9 heteroatoms. The van der Waals surface area contributed by atoms with E-state index >= 15 is 0 Å². The monoisotopic (exact) mass is 706 g/mol. The van der Waals surface area contributed by atoms with Crippen molar-refractivity contribution in [2.75, 3.05) is 13.2 Å². The van der Waals surface area contributed by atoms with Crippen molar-refractivity contribution in [3.63, 3.8) is 0 Å². The molecule has 0 amide bonds. The van der Waals surface area contributed by atoms with Crippen LogP contribution >= 0.6 is 11.3 Å². The minimum atomic E-state index is -1.09. The third-order valence-corrected chi connectivity index (χ3v) is 9.85. The van der Waals surface area contributed by atoms with Crippen molar-refractivity contribution >= 4 is 17.0 Å². The standard InChI is InChI=1S/C43H38N4O4S/c1-31(38-30-46(2)40(44-38)33-15-7-3-8-16-33)45-51-28-27-50-37-25-23-32(24-26-37)29-39-41(48)47(42(49)52-39)43(34-17-9-4-10-18-34,35-19-11-5-12-20-35)36-21-13-6-14-22-36/h3-26,30,45,48H,1,27-29H2,2H3. The van der Waals surface area contributed by atoms with Crippen molar-refractivity contribution in [1.29, 1.82) is 0 Å². The lowest BCUT2D eigenvalue weighted by Gasteiger charge is -2.37. The minimum absolute atomic E-state index is 0.0554. The number of nitrogens with one attached hydrogen (secondary N) is 1. The Morgan fingerprint density at radius 3 is 1.88 bits per heavy atom. The Balaban J connectivity index is 1.03. The second kappa shape index (κ2) is 15.4. The van der Waals surface area contributed by atoms with Crippen LogP contribution in [0.2, 0.25) is 0 Å². The molecule has 8 nitrogen and oxygen atoms in total. The predicted molar refractivity (Wildman–Crippen MR) is 206 cm³/mol. The predicted octanol–water partition coefficient (Wildman–Crippen LogP) is 8.02. The van der Waals surface area contributed by atoms with E-state index in [-0.39, 0.29) is 17.4 Å². The Hall–Kier alpha value is -6.16. The van der Waals surface area contributed by atoms with Gasteiger partial charge in [0.15, 0.2) is 0 Å². The molecule has 0 fully saturated rings. The third kappa shape index (κ3) is 6.92. The van der Waals surface area contributed by atoms with Gasteiger partial charge in [0.25, 0.3) is 0 Å². The van der Waals surface area contributed by atoms with Crippen molar-refractivity contribution in [2.24, 2.45) is 7.05 Å². The Labute approximate surface area is 306 Å². The van der Waals surface area contributed by atoms with Crippen LogP contribution in [0.1, 0.15) is 32.8 Å². The van der Waals surface area contributed by atoms with Crippen molar-refractivity contribution in [1.82, 2.24) is 19.6 Å². The Morgan fingerprint density at radius 2 is 1.33 bits per heavy atom. The number of hydroxylamine groups is 1. The molecule has 2 aromatic heterocycles. The van der Waals surface area contributed by atoms with Crippen LogP contribution in [-0.2, 0) is 23.8 Å². The van der Waals surface area contributed by atoms with Gasteiger partial charge in [-0.3, -0.25) is 19.7 Å². The number of hydrogen-bond donors (Lipinski definition) is 2. The summed E-state index contributed by atoms with van der Waals surface area (Å²) < 4.78 is 9.40. The number of aromatic nitrogens is 3. The number of rotatable bonds is 14. The van der Waals surface area contributed by atoms with Crippen molar-refractivity contribution in [3.8, 4) is 23.0 Å². The first kappa shape index (κ1) is 34.3. The number of benzene rings is 5. The van der Waals surface area contributed by atoms with Gasteiger partial charge in [-0.25, -0.2) is 4.98 Å². The minimum Gasteiger partial charge on any atom is -0.494 e. The van der Waals surface area contributed by atoms with Gasteiger partial charge in [0.1, 0.15) is 36.0 Å². The highest BCUT2D eigenvalue weighted by Gasteiger charge is 2.42. The van der Waals surface area contributed by atoms with Crippen LogP contribution in [0.4, 0.5) is 0 Å². The van der Waals surface area contributed by atoms with Gasteiger partial charge in [-0.1, -0.05) is 151 Å².